The minimum Gasteiger partial charge on any atom is -0.197 e. The smallest absolute Gasteiger partial charge is 0.159 e. The van der Waals surface area contributed by atoms with Crippen molar-refractivity contribution in [2.45, 2.75) is 25.7 Å². The fourth-order valence-corrected chi connectivity index (χ4v) is 2.14. The Kier molecular flexibility index (Phi) is 2.28. The van der Waals surface area contributed by atoms with Crippen LogP contribution in [0.4, 0.5) is 0 Å². The standard InChI is InChI=1S/C11H11BrN4/c1-7-9(12)3-2-4-10(7)16-11(8-5-6-8)13-14-15-16/h2-4,8H,5-6H2,1H3. The van der Waals surface area contributed by atoms with E-state index in [1.165, 1.54) is 12.8 Å². The van der Waals surface area contributed by atoms with Crippen molar-refractivity contribution in [3.63, 3.8) is 0 Å². The maximum atomic E-state index is 4.11. The van der Waals surface area contributed by atoms with Crippen LogP contribution in [0.25, 0.3) is 5.69 Å². The first kappa shape index (κ1) is 9.96. The highest BCUT2D eigenvalue weighted by atomic mass is 79.9. The average Bonchev–Trinajstić information content (AvgIpc) is 3.01. The largest absolute Gasteiger partial charge is 0.197 e. The summed E-state index contributed by atoms with van der Waals surface area (Å²) in [6.45, 7) is 2.07. The Morgan fingerprint density at radius 2 is 2.19 bits per heavy atom. The summed E-state index contributed by atoms with van der Waals surface area (Å²) in [5.74, 6) is 1.54. The summed E-state index contributed by atoms with van der Waals surface area (Å²) in [6, 6.07) is 6.08. The Hall–Kier alpha value is -1.23. The molecule has 3 rings (SSSR count). The highest BCUT2D eigenvalue weighted by Gasteiger charge is 2.30. The molecule has 0 bridgehead atoms. The quantitative estimate of drug-likeness (QED) is 0.848. The van der Waals surface area contributed by atoms with Crippen molar-refractivity contribution in [1.82, 2.24) is 20.2 Å². The van der Waals surface area contributed by atoms with Crippen LogP contribution in [0.15, 0.2) is 22.7 Å². The molecule has 1 aliphatic rings. The number of nitrogens with zero attached hydrogens (tertiary/aromatic N) is 4. The van der Waals surface area contributed by atoms with Crippen molar-refractivity contribution in [3.05, 3.63) is 34.1 Å². The van der Waals surface area contributed by atoms with Crippen molar-refractivity contribution in [2.24, 2.45) is 0 Å². The molecule has 0 spiro atoms. The molecule has 1 aromatic carbocycles. The fourth-order valence-electron chi connectivity index (χ4n) is 1.79. The molecule has 1 heterocycles. The first-order valence-corrected chi connectivity index (χ1v) is 6.10. The van der Waals surface area contributed by atoms with Gasteiger partial charge in [-0.15, -0.1) is 5.10 Å². The van der Waals surface area contributed by atoms with E-state index in [0.29, 0.717) is 5.92 Å². The van der Waals surface area contributed by atoms with Crippen molar-refractivity contribution in [2.75, 3.05) is 0 Å². The molecule has 4 nitrogen and oxygen atoms in total. The van der Waals surface area contributed by atoms with Crippen molar-refractivity contribution < 1.29 is 0 Å². The van der Waals surface area contributed by atoms with E-state index in [0.717, 1.165) is 21.5 Å². The zero-order valence-corrected chi connectivity index (χ0v) is 10.5. The van der Waals surface area contributed by atoms with Crippen LogP contribution < -0.4 is 0 Å². The maximum Gasteiger partial charge on any atom is 0.159 e. The molecule has 0 aliphatic heterocycles. The number of halogens is 1. The van der Waals surface area contributed by atoms with Crippen LogP contribution in [-0.2, 0) is 0 Å². The van der Waals surface area contributed by atoms with Crippen molar-refractivity contribution >= 4 is 15.9 Å². The predicted octanol–water partition coefficient (Wildman–Crippen LogP) is 2.61. The second kappa shape index (κ2) is 3.66. The molecule has 0 N–H and O–H groups in total. The Morgan fingerprint density at radius 3 is 2.94 bits per heavy atom. The predicted molar refractivity (Wildman–Crippen MR) is 63.6 cm³/mol. The second-order valence-electron chi connectivity index (χ2n) is 4.11. The van der Waals surface area contributed by atoms with E-state index in [-0.39, 0.29) is 0 Å². The first-order chi connectivity index (χ1) is 7.77. The number of tetrazole rings is 1. The van der Waals surface area contributed by atoms with E-state index in [4.69, 9.17) is 0 Å². The summed E-state index contributed by atoms with van der Waals surface area (Å²) in [5.41, 5.74) is 2.22. The normalized spacial score (nSPS) is 15.4. The van der Waals surface area contributed by atoms with E-state index < -0.39 is 0 Å². The summed E-state index contributed by atoms with van der Waals surface area (Å²) in [5, 5.41) is 12.0. The molecule has 16 heavy (non-hydrogen) atoms. The third kappa shape index (κ3) is 1.55. The minimum absolute atomic E-state index is 0.549. The number of hydrogen-bond acceptors (Lipinski definition) is 3. The number of rotatable bonds is 2. The van der Waals surface area contributed by atoms with Crippen LogP contribution in [0.2, 0.25) is 0 Å². The van der Waals surface area contributed by atoms with Gasteiger partial charge in [0.05, 0.1) is 5.69 Å². The molecule has 1 aliphatic carbocycles. The molecule has 2 aromatic rings. The lowest BCUT2D eigenvalue weighted by molar-refractivity contribution is 0.758. The van der Waals surface area contributed by atoms with Gasteiger partial charge in [-0.25, -0.2) is 0 Å². The lowest BCUT2D eigenvalue weighted by Crippen LogP contribution is -2.04. The number of aromatic nitrogens is 4. The van der Waals surface area contributed by atoms with Crippen LogP contribution >= 0.6 is 15.9 Å². The Bertz CT molecular complexity index is 531. The van der Waals surface area contributed by atoms with Gasteiger partial charge in [0.1, 0.15) is 0 Å². The zero-order chi connectivity index (χ0) is 11.1. The Morgan fingerprint density at radius 1 is 1.38 bits per heavy atom. The van der Waals surface area contributed by atoms with Crippen LogP contribution in [0.3, 0.4) is 0 Å². The first-order valence-electron chi connectivity index (χ1n) is 5.31. The van der Waals surface area contributed by atoms with Gasteiger partial charge in [-0.3, -0.25) is 0 Å². The Balaban J connectivity index is 2.14. The van der Waals surface area contributed by atoms with E-state index >= 15 is 0 Å². The summed E-state index contributed by atoms with van der Waals surface area (Å²) in [6.07, 6.45) is 2.40. The van der Waals surface area contributed by atoms with E-state index in [9.17, 15) is 0 Å². The van der Waals surface area contributed by atoms with Crippen LogP contribution in [0.1, 0.15) is 30.1 Å². The Labute approximate surface area is 102 Å². The average molecular weight is 279 g/mol. The van der Waals surface area contributed by atoms with Gasteiger partial charge < -0.3 is 0 Å². The van der Waals surface area contributed by atoms with E-state index in [1.807, 2.05) is 22.9 Å². The zero-order valence-electron chi connectivity index (χ0n) is 8.89. The van der Waals surface area contributed by atoms with Gasteiger partial charge in [0.15, 0.2) is 5.82 Å². The molecule has 82 valence electrons. The van der Waals surface area contributed by atoms with Crippen LogP contribution in [0.5, 0.6) is 0 Å². The molecule has 1 fully saturated rings. The second-order valence-corrected chi connectivity index (χ2v) is 4.96. The lowest BCUT2D eigenvalue weighted by Gasteiger charge is -2.08. The summed E-state index contributed by atoms with van der Waals surface area (Å²) in [7, 11) is 0. The fraction of sp³-hybridized carbons (Fsp3) is 0.364. The third-order valence-electron chi connectivity index (χ3n) is 2.90. The summed E-state index contributed by atoms with van der Waals surface area (Å²) < 4.78 is 2.94. The molecule has 0 unspecified atom stereocenters. The molecule has 1 aromatic heterocycles. The van der Waals surface area contributed by atoms with Crippen molar-refractivity contribution in [1.29, 1.82) is 0 Å². The number of hydrogen-bond donors (Lipinski definition) is 0. The van der Waals surface area contributed by atoms with Gasteiger partial charge in [0.2, 0.25) is 0 Å². The molecule has 0 saturated heterocycles. The van der Waals surface area contributed by atoms with Gasteiger partial charge in [0.25, 0.3) is 0 Å². The van der Waals surface area contributed by atoms with Gasteiger partial charge in [-0.05, 0) is 47.9 Å². The monoisotopic (exact) mass is 278 g/mol. The topological polar surface area (TPSA) is 43.6 Å². The molecule has 0 atom stereocenters. The third-order valence-corrected chi connectivity index (χ3v) is 3.76. The van der Waals surface area contributed by atoms with Crippen LogP contribution in [-0.4, -0.2) is 20.2 Å². The number of benzene rings is 1. The van der Waals surface area contributed by atoms with Crippen molar-refractivity contribution in [3.8, 4) is 5.69 Å². The lowest BCUT2D eigenvalue weighted by atomic mass is 10.2. The molecule has 5 heteroatoms. The van der Waals surface area contributed by atoms with Gasteiger partial charge in [0, 0.05) is 10.4 Å². The summed E-state index contributed by atoms with van der Waals surface area (Å²) in [4.78, 5) is 0. The highest BCUT2D eigenvalue weighted by molar-refractivity contribution is 9.10. The SMILES string of the molecule is Cc1c(Br)cccc1-n1nnnc1C1CC1. The summed E-state index contributed by atoms with van der Waals surface area (Å²) >= 11 is 3.53. The van der Waals surface area contributed by atoms with Gasteiger partial charge >= 0.3 is 0 Å². The maximum absolute atomic E-state index is 4.11. The molecule has 1 saturated carbocycles. The molecular weight excluding hydrogens is 268 g/mol. The van der Waals surface area contributed by atoms with E-state index in [2.05, 4.69) is 38.4 Å². The molecular formula is C11H11BrN4. The van der Waals surface area contributed by atoms with Crippen LogP contribution in [0, 0.1) is 6.92 Å². The van der Waals surface area contributed by atoms with E-state index in [1.54, 1.807) is 0 Å². The highest BCUT2D eigenvalue weighted by Crippen LogP contribution is 2.39. The van der Waals surface area contributed by atoms with Gasteiger partial charge in [-0.1, -0.05) is 22.0 Å². The van der Waals surface area contributed by atoms with Gasteiger partial charge in [-0.2, -0.15) is 4.68 Å². The minimum atomic E-state index is 0.549. The molecule has 0 radical (unpaired) electrons. The molecule has 0 amide bonds.